The molecule has 0 saturated carbocycles. The lowest BCUT2D eigenvalue weighted by Crippen LogP contribution is -2.37. The number of thiophene rings is 1. The van der Waals surface area contributed by atoms with E-state index in [9.17, 15) is 24.5 Å². The standard InChI is InChI=1S/C27H23N3O7S/c1-36-27(33)20-18-12-5-6-13-19(18)38-26(20)28-24(31)21-22(15-8-7-11-17(14-15)30(34)35)29(37-23(21)25(28)32)16-9-3-2-4-10-16/h2-4,7-11,14,21-23H,5-6,12-13H2,1H3. The van der Waals surface area contributed by atoms with Gasteiger partial charge < -0.3 is 4.74 Å². The minimum atomic E-state index is -1.16. The zero-order valence-electron chi connectivity index (χ0n) is 20.4. The summed E-state index contributed by atoms with van der Waals surface area (Å²) in [5.41, 5.74) is 2.04. The molecule has 2 saturated heterocycles. The van der Waals surface area contributed by atoms with Gasteiger partial charge in [0.05, 0.1) is 29.3 Å². The highest BCUT2D eigenvalue weighted by atomic mass is 32.1. The number of benzene rings is 2. The molecular weight excluding hydrogens is 510 g/mol. The molecule has 0 N–H and O–H groups in total. The molecule has 2 amide bonds. The highest BCUT2D eigenvalue weighted by molar-refractivity contribution is 7.17. The Morgan fingerprint density at radius 2 is 1.84 bits per heavy atom. The van der Waals surface area contributed by atoms with Gasteiger partial charge in [0.25, 0.3) is 11.6 Å². The Hall–Kier alpha value is -4.09. The highest BCUT2D eigenvalue weighted by Crippen LogP contribution is 2.50. The number of hydrogen-bond acceptors (Lipinski definition) is 9. The number of nitro groups is 1. The monoisotopic (exact) mass is 533 g/mol. The maximum atomic E-state index is 14.1. The van der Waals surface area contributed by atoms with E-state index in [1.54, 1.807) is 36.4 Å². The molecule has 6 rings (SSSR count). The van der Waals surface area contributed by atoms with Crippen molar-refractivity contribution in [2.24, 2.45) is 5.92 Å². The van der Waals surface area contributed by atoms with Crippen LogP contribution in [-0.4, -0.2) is 35.9 Å². The predicted molar refractivity (Wildman–Crippen MR) is 138 cm³/mol. The van der Waals surface area contributed by atoms with E-state index in [0.29, 0.717) is 17.7 Å². The van der Waals surface area contributed by atoms with Gasteiger partial charge in [-0.1, -0.05) is 30.3 Å². The number of aryl methyl sites for hydroxylation is 1. The Balaban J connectivity index is 1.46. The van der Waals surface area contributed by atoms with Gasteiger partial charge in [-0.15, -0.1) is 11.3 Å². The van der Waals surface area contributed by atoms with Crippen LogP contribution in [0.15, 0.2) is 54.6 Å². The maximum absolute atomic E-state index is 14.1. The van der Waals surface area contributed by atoms with Crippen molar-refractivity contribution in [2.75, 3.05) is 17.1 Å². The smallest absolute Gasteiger partial charge is 0.341 e. The molecule has 38 heavy (non-hydrogen) atoms. The van der Waals surface area contributed by atoms with Crippen molar-refractivity contribution in [1.82, 2.24) is 0 Å². The lowest BCUT2D eigenvalue weighted by molar-refractivity contribution is -0.384. The minimum absolute atomic E-state index is 0.133. The fourth-order valence-electron chi connectivity index (χ4n) is 5.60. The van der Waals surface area contributed by atoms with Crippen LogP contribution in [0.5, 0.6) is 0 Å². The SMILES string of the molecule is COC(=O)c1c(N2C(=O)C3ON(c4ccccc4)C(c4cccc([N+](=O)[O-])c4)C3C2=O)sc2c1CCCC2. The number of methoxy groups -OCH3 is 1. The van der Waals surface area contributed by atoms with Crippen molar-refractivity contribution < 1.29 is 28.9 Å². The van der Waals surface area contributed by atoms with Crippen molar-refractivity contribution in [2.45, 2.75) is 37.8 Å². The summed E-state index contributed by atoms with van der Waals surface area (Å²) in [7, 11) is 1.28. The average Bonchev–Trinajstić information content (AvgIpc) is 3.59. The van der Waals surface area contributed by atoms with E-state index in [-0.39, 0.29) is 16.3 Å². The fraction of sp³-hybridized carbons (Fsp3) is 0.296. The van der Waals surface area contributed by atoms with Gasteiger partial charge in [-0.05, 0) is 48.9 Å². The first-order chi connectivity index (χ1) is 18.4. The van der Waals surface area contributed by atoms with Crippen LogP contribution in [-0.2, 0) is 32.0 Å². The first-order valence-electron chi connectivity index (χ1n) is 12.3. The minimum Gasteiger partial charge on any atom is -0.465 e. The van der Waals surface area contributed by atoms with Crippen LogP contribution in [0.4, 0.5) is 16.4 Å². The molecule has 10 nitrogen and oxygen atoms in total. The van der Waals surface area contributed by atoms with Gasteiger partial charge in [-0.2, -0.15) is 0 Å². The summed E-state index contributed by atoms with van der Waals surface area (Å²) in [5, 5.41) is 13.3. The number of nitro benzene ring substituents is 1. The molecule has 2 fully saturated rings. The first kappa shape index (κ1) is 24.3. The number of amides is 2. The van der Waals surface area contributed by atoms with Crippen molar-refractivity contribution in [3.8, 4) is 0 Å². The van der Waals surface area contributed by atoms with Gasteiger partial charge in [-0.3, -0.25) is 24.5 Å². The number of nitrogens with zero attached hydrogens (tertiary/aromatic N) is 3. The van der Waals surface area contributed by atoms with Gasteiger partial charge in [-0.25, -0.2) is 14.8 Å². The summed E-state index contributed by atoms with van der Waals surface area (Å²) in [5.74, 6) is -2.65. The second kappa shape index (κ2) is 9.34. The van der Waals surface area contributed by atoms with Gasteiger partial charge in [0.2, 0.25) is 5.91 Å². The first-order valence-corrected chi connectivity index (χ1v) is 13.1. The number of esters is 1. The highest BCUT2D eigenvalue weighted by Gasteiger charge is 2.61. The Morgan fingerprint density at radius 1 is 1.08 bits per heavy atom. The number of rotatable bonds is 5. The molecule has 194 valence electrons. The molecule has 3 atom stereocenters. The topological polar surface area (TPSA) is 119 Å². The van der Waals surface area contributed by atoms with E-state index in [2.05, 4.69) is 0 Å². The third-order valence-corrected chi connectivity index (χ3v) is 8.57. The van der Waals surface area contributed by atoms with Gasteiger partial charge >= 0.3 is 5.97 Å². The second-order valence-electron chi connectivity index (χ2n) is 9.40. The van der Waals surface area contributed by atoms with Crippen LogP contribution in [0.2, 0.25) is 0 Å². The molecule has 0 spiro atoms. The van der Waals surface area contributed by atoms with Crippen molar-refractivity contribution in [1.29, 1.82) is 0 Å². The Kier molecular flexibility index (Phi) is 5.96. The average molecular weight is 534 g/mol. The number of imide groups is 1. The Morgan fingerprint density at radius 3 is 2.58 bits per heavy atom. The molecule has 11 heteroatoms. The Labute approximate surface area is 221 Å². The maximum Gasteiger partial charge on any atom is 0.341 e. The molecule has 3 aromatic rings. The van der Waals surface area contributed by atoms with Crippen LogP contribution in [0.1, 0.15) is 45.2 Å². The number of ether oxygens (including phenoxy) is 1. The molecule has 2 aromatic carbocycles. The summed E-state index contributed by atoms with van der Waals surface area (Å²) in [4.78, 5) is 59.9. The summed E-state index contributed by atoms with van der Waals surface area (Å²) in [6, 6.07) is 14.2. The summed E-state index contributed by atoms with van der Waals surface area (Å²) >= 11 is 1.27. The lowest BCUT2D eigenvalue weighted by Gasteiger charge is -2.28. The number of carbonyl (C=O) groups is 3. The van der Waals surface area contributed by atoms with Crippen LogP contribution in [0, 0.1) is 16.0 Å². The number of carbonyl (C=O) groups excluding carboxylic acids is 3. The molecule has 0 radical (unpaired) electrons. The van der Waals surface area contributed by atoms with Crippen LogP contribution >= 0.6 is 11.3 Å². The number of hydroxylamine groups is 1. The van der Waals surface area contributed by atoms with E-state index < -0.39 is 40.8 Å². The van der Waals surface area contributed by atoms with Crippen LogP contribution in [0.3, 0.4) is 0 Å². The van der Waals surface area contributed by atoms with Gasteiger partial charge in [0, 0.05) is 17.0 Å². The number of para-hydroxylation sites is 1. The number of hydrogen-bond donors (Lipinski definition) is 0. The molecule has 1 aliphatic carbocycles. The van der Waals surface area contributed by atoms with E-state index in [1.165, 1.54) is 35.6 Å². The second-order valence-corrected chi connectivity index (χ2v) is 10.5. The van der Waals surface area contributed by atoms with Gasteiger partial charge in [0.15, 0.2) is 6.10 Å². The molecule has 0 bridgehead atoms. The quantitative estimate of drug-likeness (QED) is 0.205. The number of fused-ring (bicyclic) bond motifs is 2. The third kappa shape index (κ3) is 3.69. The third-order valence-electron chi connectivity index (χ3n) is 7.29. The largest absolute Gasteiger partial charge is 0.465 e. The predicted octanol–water partition coefficient (Wildman–Crippen LogP) is 4.37. The summed E-state index contributed by atoms with van der Waals surface area (Å²) < 4.78 is 5.04. The molecule has 3 unspecified atom stereocenters. The van der Waals surface area contributed by atoms with E-state index >= 15 is 0 Å². The molecule has 3 heterocycles. The van der Waals surface area contributed by atoms with Gasteiger partial charge in [0.1, 0.15) is 10.9 Å². The fourth-order valence-corrected chi connectivity index (χ4v) is 6.98. The van der Waals surface area contributed by atoms with E-state index in [0.717, 1.165) is 34.6 Å². The molecule has 3 aliphatic rings. The molecule has 1 aromatic heterocycles. The number of non-ortho nitro benzene ring substituents is 1. The van der Waals surface area contributed by atoms with Crippen LogP contribution in [0.25, 0.3) is 0 Å². The molecule has 2 aliphatic heterocycles. The number of anilines is 2. The van der Waals surface area contributed by atoms with Crippen LogP contribution < -0.4 is 9.96 Å². The van der Waals surface area contributed by atoms with Crippen molar-refractivity contribution in [3.63, 3.8) is 0 Å². The summed E-state index contributed by atoms with van der Waals surface area (Å²) in [6.45, 7) is 0. The normalized spacial score (nSPS) is 22.4. The van der Waals surface area contributed by atoms with E-state index in [1.807, 2.05) is 6.07 Å². The summed E-state index contributed by atoms with van der Waals surface area (Å²) in [6.07, 6.45) is 2.15. The zero-order chi connectivity index (χ0) is 26.6. The molecular formula is C27H23N3O7S. The Bertz CT molecular complexity index is 1470. The van der Waals surface area contributed by atoms with Crippen molar-refractivity contribution in [3.05, 3.63) is 86.3 Å². The zero-order valence-corrected chi connectivity index (χ0v) is 21.2. The lowest BCUT2D eigenvalue weighted by atomic mass is 9.90. The van der Waals surface area contributed by atoms with E-state index in [4.69, 9.17) is 9.57 Å². The van der Waals surface area contributed by atoms with Crippen molar-refractivity contribution >= 4 is 45.5 Å².